The Morgan fingerprint density at radius 1 is 1.53 bits per heavy atom. The van der Waals surface area contributed by atoms with Gasteiger partial charge in [0.1, 0.15) is 5.56 Å². The molecule has 0 atom stereocenters. The average Bonchev–Trinajstić information content (AvgIpc) is 3.15. The fourth-order valence-corrected chi connectivity index (χ4v) is 2.40. The quantitative estimate of drug-likeness (QED) is 0.913. The topological polar surface area (TPSA) is 70.7 Å². The molecule has 0 aliphatic heterocycles. The van der Waals surface area contributed by atoms with E-state index in [2.05, 4.69) is 26.0 Å². The van der Waals surface area contributed by atoms with E-state index in [1.807, 2.05) is 0 Å². The minimum atomic E-state index is -0.110. The highest BCUT2D eigenvalue weighted by Gasteiger charge is 2.33. The minimum Gasteiger partial charge on any atom is -0.395 e. The van der Waals surface area contributed by atoms with E-state index in [-0.39, 0.29) is 18.6 Å². The van der Waals surface area contributed by atoms with Crippen molar-refractivity contribution in [2.45, 2.75) is 18.9 Å². The molecular formula is C12H13BrN4O2. The van der Waals surface area contributed by atoms with Crippen LogP contribution in [0, 0.1) is 0 Å². The second-order valence-electron chi connectivity index (χ2n) is 4.55. The van der Waals surface area contributed by atoms with Gasteiger partial charge in [-0.15, -0.1) is 0 Å². The summed E-state index contributed by atoms with van der Waals surface area (Å²) in [5.74, 6) is -0.110. The van der Waals surface area contributed by atoms with Crippen LogP contribution < -0.4 is 0 Å². The Balaban J connectivity index is 1.96. The van der Waals surface area contributed by atoms with Gasteiger partial charge < -0.3 is 10.0 Å². The lowest BCUT2D eigenvalue weighted by atomic mass is 10.2. The molecule has 6 nitrogen and oxygen atoms in total. The van der Waals surface area contributed by atoms with Gasteiger partial charge in [0.2, 0.25) is 0 Å². The van der Waals surface area contributed by atoms with E-state index in [1.54, 1.807) is 21.8 Å². The van der Waals surface area contributed by atoms with Crippen molar-refractivity contribution in [2.75, 3.05) is 13.2 Å². The highest BCUT2D eigenvalue weighted by Crippen LogP contribution is 2.28. The number of fused-ring (bicyclic) bond motifs is 1. The minimum absolute atomic E-state index is 0.0274. The van der Waals surface area contributed by atoms with Crippen LogP contribution in [0.4, 0.5) is 0 Å². The second kappa shape index (κ2) is 4.90. The molecule has 100 valence electrons. The number of hydrogen-bond acceptors (Lipinski definition) is 4. The van der Waals surface area contributed by atoms with E-state index in [0.29, 0.717) is 17.8 Å². The Morgan fingerprint density at radius 2 is 2.32 bits per heavy atom. The fourth-order valence-electron chi connectivity index (χ4n) is 2.10. The number of rotatable bonds is 4. The molecule has 0 radical (unpaired) electrons. The molecule has 1 saturated carbocycles. The monoisotopic (exact) mass is 324 g/mol. The van der Waals surface area contributed by atoms with Crippen LogP contribution in [0.3, 0.4) is 0 Å². The summed E-state index contributed by atoms with van der Waals surface area (Å²) in [5, 5.41) is 13.2. The molecule has 0 aromatic carbocycles. The van der Waals surface area contributed by atoms with Gasteiger partial charge in [0.25, 0.3) is 5.91 Å². The number of halogens is 1. The van der Waals surface area contributed by atoms with Crippen molar-refractivity contribution in [1.29, 1.82) is 0 Å². The molecule has 2 aromatic heterocycles. The third-order valence-corrected chi connectivity index (χ3v) is 3.55. The number of aliphatic hydroxyl groups excluding tert-OH is 1. The first-order chi connectivity index (χ1) is 9.20. The summed E-state index contributed by atoms with van der Waals surface area (Å²) in [7, 11) is 0. The lowest BCUT2D eigenvalue weighted by Gasteiger charge is -2.20. The maximum Gasteiger partial charge on any atom is 0.259 e. The molecule has 1 N–H and O–H groups in total. The summed E-state index contributed by atoms with van der Waals surface area (Å²) in [6.07, 6.45) is 6.94. The number of aromatic nitrogens is 3. The lowest BCUT2D eigenvalue weighted by molar-refractivity contribution is 0.0709. The molecule has 1 aliphatic carbocycles. The largest absolute Gasteiger partial charge is 0.395 e. The number of amides is 1. The van der Waals surface area contributed by atoms with Crippen LogP contribution in [-0.4, -0.2) is 49.7 Å². The summed E-state index contributed by atoms with van der Waals surface area (Å²) in [6.45, 7) is 0.331. The van der Waals surface area contributed by atoms with Gasteiger partial charge in [0.15, 0.2) is 5.65 Å². The molecule has 3 rings (SSSR count). The van der Waals surface area contributed by atoms with Crippen LogP contribution in [0.1, 0.15) is 23.2 Å². The normalized spacial score (nSPS) is 14.8. The zero-order valence-electron chi connectivity index (χ0n) is 10.2. The highest BCUT2D eigenvalue weighted by molar-refractivity contribution is 9.10. The van der Waals surface area contributed by atoms with Gasteiger partial charge >= 0.3 is 0 Å². The molecule has 1 amide bonds. The standard InChI is InChI=1S/C12H13BrN4O2/c13-8-5-14-11-10(6-15-17(11)7-8)12(19)16(3-4-18)9-1-2-9/h5-7,9,18H,1-4H2. The van der Waals surface area contributed by atoms with Gasteiger partial charge in [-0.1, -0.05) is 0 Å². The Bertz CT molecular complexity index is 623. The summed E-state index contributed by atoms with van der Waals surface area (Å²) >= 11 is 3.31. The lowest BCUT2D eigenvalue weighted by Crippen LogP contribution is -2.35. The van der Waals surface area contributed by atoms with Crippen molar-refractivity contribution in [3.8, 4) is 0 Å². The van der Waals surface area contributed by atoms with Gasteiger partial charge in [-0.2, -0.15) is 5.10 Å². The predicted molar refractivity (Wildman–Crippen MR) is 71.8 cm³/mol. The van der Waals surface area contributed by atoms with E-state index in [9.17, 15) is 4.79 Å². The van der Waals surface area contributed by atoms with Gasteiger partial charge in [-0.05, 0) is 28.8 Å². The Labute approximate surface area is 118 Å². The number of carbonyl (C=O) groups excluding carboxylic acids is 1. The fraction of sp³-hybridized carbons (Fsp3) is 0.417. The van der Waals surface area contributed by atoms with E-state index in [1.165, 1.54) is 6.20 Å². The van der Waals surface area contributed by atoms with Crippen molar-refractivity contribution in [3.63, 3.8) is 0 Å². The first-order valence-corrected chi connectivity index (χ1v) is 6.90. The molecule has 19 heavy (non-hydrogen) atoms. The van der Waals surface area contributed by atoms with Crippen LogP contribution in [0.5, 0.6) is 0 Å². The molecule has 7 heteroatoms. The summed E-state index contributed by atoms with van der Waals surface area (Å²) in [5.41, 5.74) is 1.02. The number of nitrogens with zero attached hydrogens (tertiary/aromatic N) is 4. The maximum atomic E-state index is 12.5. The Hall–Kier alpha value is -1.47. The highest BCUT2D eigenvalue weighted by atomic mass is 79.9. The van der Waals surface area contributed by atoms with E-state index in [4.69, 9.17) is 5.11 Å². The molecule has 2 aromatic rings. The third-order valence-electron chi connectivity index (χ3n) is 3.14. The Kier molecular flexibility index (Phi) is 3.24. The van der Waals surface area contributed by atoms with Crippen molar-refractivity contribution in [1.82, 2.24) is 19.5 Å². The summed E-state index contributed by atoms with van der Waals surface area (Å²) in [6, 6.07) is 0.255. The van der Waals surface area contributed by atoms with Crippen LogP contribution in [0.25, 0.3) is 5.65 Å². The van der Waals surface area contributed by atoms with E-state index in [0.717, 1.165) is 17.3 Å². The van der Waals surface area contributed by atoms with E-state index < -0.39 is 0 Å². The van der Waals surface area contributed by atoms with Crippen molar-refractivity contribution >= 4 is 27.5 Å². The molecule has 2 heterocycles. The van der Waals surface area contributed by atoms with Crippen LogP contribution >= 0.6 is 15.9 Å². The first-order valence-electron chi connectivity index (χ1n) is 6.11. The molecular weight excluding hydrogens is 312 g/mol. The molecule has 1 fully saturated rings. The molecule has 0 unspecified atom stereocenters. The molecule has 0 bridgehead atoms. The van der Waals surface area contributed by atoms with Crippen molar-refractivity contribution in [3.05, 3.63) is 28.6 Å². The number of aliphatic hydroxyl groups is 1. The number of hydrogen-bond donors (Lipinski definition) is 1. The molecule has 1 aliphatic rings. The van der Waals surface area contributed by atoms with Crippen molar-refractivity contribution in [2.24, 2.45) is 0 Å². The van der Waals surface area contributed by atoms with E-state index >= 15 is 0 Å². The third kappa shape index (κ3) is 2.35. The zero-order chi connectivity index (χ0) is 13.4. The van der Waals surface area contributed by atoms with Gasteiger partial charge in [-0.3, -0.25) is 4.79 Å². The predicted octanol–water partition coefficient (Wildman–Crippen LogP) is 1.09. The maximum absolute atomic E-state index is 12.5. The summed E-state index contributed by atoms with van der Waals surface area (Å²) in [4.78, 5) is 18.4. The second-order valence-corrected chi connectivity index (χ2v) is 5.47. The molecule has 0 saturated heterocycles. The van der Waals surface area contributed by atoms with Crippen LogP contribution in [-0.2, 0) is 0 Å². The van der Waals surface area contributed by atoms with Gasteiger partial charge in [0.05, 0.1) is 17.3 Å². The Morgan fingerprint density at radius 3 is 3.00 bits per heavy atom. The summed E-state index contributed by atoms with van der Waals surface area (Å²) < 4.78 is 2.37. The zero-order valence-corrected chi connectivity index (χ0v) is 11.7. The SMILES string of the molecule is O=C(c1cnn2cc(Br)cnc12)N(CCO)C1CC1. The van der Waals surface area contributed by atoms with Crippen molar-refractivity contribution < 1.29 is 9.90 Å². The van der Waals surface area contributed by atoms with Crippen LogP contribution in [0.2, 0.25) is 0 Å². The average molecular weight is 325 g/mol. The van der Waals surface area contributed by atoms with Crippen LogP contribution in [0.15, 0.2) is 23.1 Å². The smallest absolute Gasteiger partial charge is 0.259 e. The number of carbonyl (C=O) groups is 1. The first kappa shape index (κ1) is 12.6. The molecule has 0 spiro atoms. The van der Waals surface area contributed by atoms with Gasteiger partial charge in [0, 0.05) is 25.0 Å². The van der Waals surface area contributed by atoms with Gasteiger partial charge in [-0.25, -0.2) is 9.50 Å².